The third-order valence-electron chi connectivity index (χ3n) is 4.21. The maximum atomic E-state index is 12.2. The van der Waals surface area contributed by atoms with Crippen molar-refractivity contribution in [3.63, 3.8) is 0 Å². The van der Waals surface area contributed by atoms with Gasteiger partial charge in [-0.3, -0.25) is 4.79 Å². The largest absolute Gasteiger partial charge is 0.493 e. The molecule has 29 heavy (non-hydrogen) atoms. The summed E-state index contributed by atoms with van der Waals surface area (Å²) in [4.78, 5) is 12.2. The van der Waals surface area contributed by atoms with E-state index in [1.165, 1.54) is 7.11 Å². The lowest BCUT2D eigenvalue weighted by atomic mass is 10.1. The highest BCUT2D eigenvalue weighted by Gasteiger charge is 2.11. The van der Waals surface area contributed by atoms with E-state index in [0.717, 1.165) is 11.3 Å². The van der Waals surface area contributed by atoms with E-state index in [-0.39, 0.29) is 18.1 Å². The molecule has 1 N–H and O–H groups in total. The molecule has 0 bridgehead atoms. The number of hydrogen-bond acceptors (Lipinski definition) is 5. The molecular weight excluding hydrogens is 368 g/mol. The van der Waals surface area contributed by atoms with E-state index in [1.807, 2.05) is 45.0 Å². The van der Waals surface area contributed by atoms with Crippen molar-refractivity contribution in [3.8, 4) is 23.3 Å². The van der Waals surface area contributed by atoms with Gasteiger partial charge in [-0.15, -0.1) is 0 Å². The summed E-state index contributed by atoms with van der Waals surface area (Å²) in [6.45, 7) is 6.28. The van der Waals surface area contributed by atoms with Gasteiger partial charge in [0.2, 0.25) is 5.91 Å². The molecule has 0 aliphatic carbocycles. The lowest BCUT2D eigenvalue weighted by molar-refractivity contribution is -0.121. The molecule has 0 heterocycles. The fraction of sp³-hybridized carbons (Fsp3) is 0.391. The smallest absolute Gasteiger partial charge is 0.220 e. The molecule has 154 valence electrons. The molecule has 0 radical (unpaired) electrons. The highest BCUT2D eigenvalue weighted by molar-refractivity contribution is 5.76. The maximum absolute atomic E-state index is 12.2. The van der Waals surface area contributed by atoms with Crippen LogP contribution < -0.4 is 19.5 Å². The Morgan fingerprint density at radius 1 is 1.14 bits per heavy atom. The second-order valence-electron chi connectivity index (χ2n) is 6.96. The Balaban J connectivity index is 1.79. The monoisotopic (exact) mass is 396 g/mol. The average Bonchev–Trinajstić information content (AvgIpc) is 2.70. The second-order valence-corrected chi connectivity index (χ2v) is 6.96. The Kier molecular flexibility index (Phi) is 8.35. The van der Waals surface area contributed by atoms with Crippen molar-refractivity contribution in [2.45, 2.75) is 45.8 Å². The lowest BCUT2D eigenvalue weighted by Crippen LogP contribution is -2.26. The van der Waals surface area contributed by atoms with E-state index in [0.29, 0.717) is 36.5 Å². The van der Waals surface area contributed by atoms with Gasteiger partial charge in [0, 0.05) is 12.5 Å². The molecule has 2 aromatic carbocycles. The number of nitrogens with zero attached hydrogens (tertiary/aromatic N) is 1. The Hall–Kier alpha value is -3.20. The van der Waals surface area contributed by atoms with Gasteiger partial charge in [0.1, 0.15) is 5.75 Å². The summed E-state index contributed by atoms with van der Waals surface area (Å²) in [5, 5.41) is 11.9. The van der Waals surface area contributed by atoms with E-state index in [2.05, 4.69) is 11.4 Å². The summed E-state index contributed by atoms with van der Waals surface area (Å²) in [6.07, 6.45) is 1.02. The molecule has 6 nitrogen and oxygen atoms in total. The molecule has 1 atom stereocenters. The van der Waals surface area contributed by atoms with Gasteiger partial charge in [-0.2, -0.15) is 5.26 Å². The quantitative estimate of drug-likeness (QED) is 0.603. The molecular formula is C23H28N2O4. The second kappa shape index (κ2) is 11.0. The van der Waals surface area contributed by atoms with Crippen LogP contribution in [0.3, 0.4) is 0 Å². The van der Waals surface area contributed by atoms with Crippen molar-refractivity contribution in [1.82, 2.24) is 5.32 Å². The van der Waals surface area contributed by atoms with Crippen LogP contribution in [-0.2, 0) is 4.79 Å². The number of methoxy groups -OCH3 is 1. The number of carbonyl (C=O) groups is 1. The van der Waals surface area contributed by atoms with Crippen LogP contribution in [0.2, 0.25) is 0 Å². The van der Waals surface area contributed by atoms with E-state index >= 15 is 0 Å². The molecule has 0 aliphatic heterocycles. The Morgan fingerprint density at radius 3 is 2.62 bits per heavy atom. The van der Waals surface area contributed by atoms with Crippen molar-refractivity contribution in [2.75, 3.05) is 13.7 Å². The summed E-state index contributed by atoms with van der Waals surface area (Å²) in [7, 11) is 1.53. The Morgan fingerprint density at radius 2 is 1.93 bits per heavy atom. The van der Waals surface area contributed by atoms with E-state index < -0.39 is 0 Å². The van der Waals surface area contributed by atoms with Gasteiger partial charge in [-0.05, 0) is 57.0 Å². The number of benzene rings is 2. The molecule has 1 unspecified atom stereocenters. The van der Waals surface area contributed by atoms with Crippen molar-refractivity contribution >= 4 is 5.91 Å². The van der Waals surface area contributed by atoms with Gasteiger partial charge in [-0.1, -0.05) is 12.1 Å². The first-order valence-corrected chi connectivity index (χ1v) is 9.70. The molecule has 0 spiro atoms. The first-order valence-electron chi connectivity index (χ1n) is 9.70. The predicted molar refractivity (Wildman–Crippen MR) is 111 cm³/mol. The zero-order chi connectivity index (χ0) is 21.2. The van der Waals surface area contributed by atoms with Gasteiger partial charge < -0.3 is 19.5 Å². The molecule has 6 heteroatoms. The number of amides is 1. The summed E-state index contributed by atoms with van der Waals surface area (Å²) in [5.74, 6) is 1.82. The fourth-order valence-corrected chi connectivity index (χ4v) is 2.80. The van der Waals surface area contributed by atoms with Crippen molar-refractivity contribution in [3.05, 3.63) is 53.6 Å². The zero-order valence-electron chi connectivity index (χ0n) is 17.4. The fourth-order valence-electron chi connectivity index (χ4n) is 2.80. The van der Waals surface area contributed by atoms with Crippen LogP contribution in [0.4, 0.5) is 0 Å². The van der Waals surface area contributed by atoms with Crippen molar-refractivity contribution in [2.24, 2.45) is 0 Å². The van der Waals surface area contributed by atoms with Crippen molar-refractivity contribution < 1.29 is 19.0 Å². The summed E-state index contributed by atoms with van der Waals surface area (Å²) < 4.78 is 16.6. The number of hydrogen-bond donors (Lipinski definition) is 1. The first-order chi connectivity index (χ1) is 13.9. The summed E-state index contributed by atoms with van der Waals surface area (Å²) >= 11 is 0. The van der Waals surface area contributed by atoms with E-state index in [1.54, 1.807) is 18.2 Å². The van der Waals surface area contributed by atoms with Crippen molar-refractivity contribution in [1.29, 1.82) is 5.26 Å². The highest BCUT2D eigenvalue weighted by Crippen LogP contribution is 2.28. The standard InChI is InChI=1S/C23H28N2O4/c1-16(2)29-20-8-5-7-19(14-20)17(3)25-23(26)9-6-12-28-21-11-10-18(15-24)13-22(21)27-4/h5,7-8,10-11,13-14,16-17H,6,9,12H2,1-4H3,(H,25,26). The lowest BCUT2D eigenvalue weighted by Gasteiger charge is -2.17. The molecule has 0 fully saturated rings. The number of nitriles is 1. The molecule has 2 aromatic rings. The molecule has 0 aromatic heterocycles. The zero-order valence-corrected chi connectivity index (χ0v) is 17.4. The van der Waals surface area contributed by atoms with Crippen LogP contribution in [0, 0.1) is 11.3 Å². The number of ether oxygens (including phenoxy) is 3. The van der Waals surface area contributed by atoms with Gasteiger partial charge >= 0.3 is 0 Å². The number of rotatable bonds is 10. The molecule has 0 saturated heterocycles. The first kappa shape index (κ1) is 22.1. The van der Waals surface area contributed by atoms with Gasteiger partial charge in [-0.25, -0.2) is 0 Å². The molecule has 1 amide bonds. The summed E-state index contributed by atoms with van der Waals surface area (Å²) in [5.41, 5.74) is 1.50. The molecule has 0 aliphatic rings. The number of nitrogens with one attached hydrogen (secondary N) is 1. The minimum absolute atomic E-state index is 0.0388. The van der Waals surface area contributed by atoms with Crippen LogP contribution in [0.15, 0.2) is 42.5 Å². The normalized spacial score (nSPS) is 11.4. The van der Waals surface area contributed by atoms with Gasteiger partial charge in [0.25, 0.3) is 0 Å². The minimum atomic E-state index is -0.113. The van der Waals surface area contributed by atoms with Crippen LogP contribution >= 0.6 is 0 Å². The van der Waals surface area contributed by atoms with Gasteiger partial charge in [0.05, 0.1) is 37.5 Å². The third kappa shape index (κ3) is 7.04. The SMILES string of the molecule is COc1cc(C#N)ccc1OCCCC(=O)NC(C)c1cccc(OC(C)C)c1. The topological polar surface area (TPSA) is 80.6 Å². The highest BCUT2D eigenvalue weighted by atomic mass is 16.5. The Bertz CT molecular complexity index is 858. The molecule has 0 saturated carbocycles. The van der Waals surface area contributed by atoms with E-state index in [4.69, 9.17) is 19.5 Å². The minimum Gasteiger partial charge on any atom is -0.493 e. The van der Waals surface area contributed by atoms with Crippen LogP contribution in [0.5, 0.6) is 17.2 Å². The Labute approximate surface area is 172 Å². The van der Waals surface area contributed by atoms with Gasteiger partial charge in [0.15, 0.2) is 11.5 Å². The van der Waals surface area contributed by atoms with Crippen LogP contribution in [0.25, 0.3) is 0 Å². The number of carbonyl (C=O) groups excluding carboxylic acids is 1. The average molecular weight is 396 g/mol. The molecule has 2 rings (SSSR count). The van der Waals surface area contributed by atoms with Crippen LogP contribution in [0.1, 0.15) is 50.8 Å². The third-order valence-corrected chi connectivity index (χ3v) is 4.21. The van der Waals surface area contributed by atoms with Crippen LogP contribution in [-0.4, -0.2) is 25.7 Å². The predicted octanol–water partition coefficient (Wildman–Crippen LogP) is 4.39. The maximum Gasteiger partial charge on any atom is 0.220 e. The summed E-state index contributed by atoms with van der Waals surface area (Å²) in [6, 6.07) is 14.7. The van der Waals surface area contributed by atoms with E-state index in [9.17, 15) is 4.79 Å².